The van der Waals surface area contributed by atoms with E-state index in [0.29, 0.717) is 5.41 Å². The minimum absolute atomic E-state index is 0.335. The first-order valence-electron chi connectivity index (χ1n) is 10.0. The molecule has 5 nitrogen and oxygen atoms in total. The monoisotopic (exact) mass is 336 g/mol. The van der Waals surface area contributed by atoms with E-state index >= 15 is 0 Å². The van der Waals surface area contributed by atoms with Crippen LogP contribution in [-0.2, 0) is 4.74 Å². The average Bonchev–Trinajstić information content (AvgIpc) is 2.61. The molecule has 0 radical (unpaired) electrons. The van der Waals surface area contributed by atoms with Crippen LogP contribution in [0.25, 0.3) is 0 Å². The molecule has 2 saturated heterocycles. The van der Waals surface area contributed by atoms with Crippen molar-refractivity contribution in [2.75, 3.05) is 52.5 Å². The molecule has 0 aromatic rings. The number of aliphatic imine (C=N–C) groups is 1. The van der Waals surface area contributed by atoms with E-state index in [4.69, 9.17) is 15.5 Å². The maximum atomic E-state index is 6.36. The maximum absolute atomic E-state index is 6.36. The Kier molecular flexibility index (Phi) is 6.39. The smallest absolute Gasteiger partial charge is 0.191 e. The fourth-order valence-electron chi connectivity index (χ4n) is 4.65. The Hall–Kier alpha value is -0.810. The van der Waals surface area contributed by atoms with Crippen LogP contribution >= 0.6 is 0 Å². The van der Waals surface area contributed by atoms with Gasteiger partial charge in [-0.25, -0.2) is 0 Å². The highest BCUT2D eigenvalue weighted by Crippen LogP contribution is 2.37. The summed E-state index contributed by atoms with van der Waals surface area (Å²) in [6.07, 6.45) is 9.25. The van der Waals surface area contributed by atoms with Crippen molar-refractivity contribution < 1.29 is 4.74 Å². The van der Waals surface area contributed by atoms with Crippen LogP contribution in [0, 0.1) is 11.3 Å². The number of hydrogen-bond donors (Lipinski definition) is 1. The minimum atomic E-state index is 0.335. The molecule has 3 aliphatic rings. The second-order valence-electron chi connectivity index (χ2n) is 8.32. The first-order valence-corrected chi connectivity index (χ1v) is 10.0. The van der Waals surface area contributed by atoms with Gasteiger partial charge >= 0.3 is 0 Å². The summed E-state index contributed by atoms with van der Waals surface area (Å²) in [5.74, 6) is 1.53. The van der Waals surface area contributed by atoms with Crippen molar-refractivity contribution in [2.24, 2.45) is 22.1 Å². The predicted molar refractivity (Wildman–Crippen MR) is 99.2 cm³/mol. The van der Waals surface area contributed by atoms with Gasteiger partial charge < -0.3 is 15.4 Å². The number of nitrogens with zero attached hydrogens (tertiary/aromatic N) is 3. The molecule has 1 atom stereocenters. The molecule has 138 valence electrons. The van der Waals surface area contributed by atoms with Crippen molar-refractivity contribution >= 4 is 5.96 Å². The summed E-state index contributed by atoms with van der Waals surface area (Å²) in [4.78, 5) is 9.80. The molecule has 0 aromatic carbocycles. The lowest BCUT2D eigenvalue weighted by molar-refractivity contribution is 0.00933. The fourth-order valence-corrected chi connectivity index (χ4v) is 4.65. The van der Waals surface area contributed by atoms with Crippen molar-refractivity contribution in [1.29, 1.82) is 0 Å². The van der Waals surface area contributed by atoms with Crippen LogP contribution < -0.4 is 5.73 Å². The van der Waals surface area contributed by atoms with Crippen molar-refractivity contribution in [2.45, 2.75) is 51.9 Å². The van der Waals surface area contributed by atoms with E-state index in [2.05, 4.69) is 16.7 Å². The lowest BCUT2D eigenvalue weighted by Crippen LogP contribution is -2.47. The van der Waals surface area contributed by atoms with Crippen LogP contribution in [0.2, 0.25) is 0 Å². The Morgan fingerprint density at radius 3 is 2.58 bits per heavy atom. The standard InChI is InChI=1S/C19H36N4O/c1-17-6-5-9-23(14-17)18(20)21-15-19(7-3-2-4-8-19)16-22-10-12-24-13-11-22/h17H,2-16H2,1H3,(H2,20,21). The Balaban J connectivity index is 1.61. The Morgan fingerprint density at radius 2 is 1.88 bits per heavy atom. The van der Waals surface area contributed by atoms with Gasteiger partial charge in [-0.2, -0.15) is 0 Å². The summed E-state index contributed by atoms with van der Waals surface area (Å²) in [6.45, 7) is 10.5. The largest absolute Gasteiger partial charge is 0.379 e. The molecule has 5 heteroatoms. The summed E-state index contributed by atoms with van der Waals surface area (Å²) in [7, 11) is 0. The Labute approximate surface area is 147 Å². The van der Waals surface area contributed by atoms with Gasteiger partial charge in [-0.1, -0.05) is 26.2 Å². The summed E-state index contributed by atoms with van der Waals surface area (Å²) >= 11 is 0. The third-order valence-corrected chi connectivity index (χ3v) is 6.13. The van der Waals surface area contributed by atoms with E-state index in [1.54, 1.807) is 0 Å². The highest BCUT2D eigenvalue weighted by Gasteiger charge is 2.34. The summed E-state index contributed by atoms with van der Waals surface area (Å²) in [5, 5.41) is 0. The second-order valence-corrected chi connectivity index (χ2v) is 8.32. The third kappa shape index (κ3) is 4.85. The topological polar surface area (TPSA) is 54.1 Å². The van der Waals surface area contributed by atoms with Gasteiger partial charge in [0.1, 0.15) is 0 Å². The molecule has 3 fully saturated rings. The minimum Gasteiger partial charge on any atom is -0.379 e. The number of hydrogen-bond acceptors (Lipinski definition) is 3. The number of piperidine rings is 1. The van der Waals surface area contributed by atoms with Crippen LogP contribution in [0.4, 0.5) is 0 Å². The van der Waals surface area contributed by atoms with Crippen LogP contribution in [0.3, 0.4) is 0 Å². The van der Waals surface area contributed by atoms with E-state index in [0.717, 1.165) is 57.8 Å². The summed E-state index contributed by atoms with van der Waals surface area (Å²) in [5.41, 5.74) is 6.70. The van der Waals surface area contributed by atoms with E-state index in [1.165, 1.54) is 51.5 Å². The first kappa shape index (κ1) is 18.0. The van der Waals surface area contributed by atoms with Gasteiger partial charge in [0.05, 0.1) is 13.2 Å². The highest BCUT2D eigenvalue weighted by atomic mass is 16.5. The zero-order valence-corrected chi connectivity index (χ0v) is 15.5. The number of morpholine rings is 1. The molecule has 0 amide bonds. The molecule has 1 unspecified atom stereocenters. The average molecular weight is 337 g/mol. The molecule has 1 saturated carbocycles. The van der Waals surface area contributed by atoms with Gasteiger partial charge in [-0.3, -0.25) is 9.89 Å². The second kappa shape index (κ2) is 8.52. The van der Waals surface area contributed by atoms with Gasteiger partial charge in [0.15, 0.2) is 5.96 Å². The lowest BCUT2D eigenvalue weighted by atomic mass is 9.73. The number of guanidine groups is 1. The van der Waals surface area contributed by atoms with Crippen molar-refractivity contribution in [1.82, 2.24) is 9.80 Å². The Morgan fingerprint density at radius 1 is 1.12 bits per heavy atom. The SMILES string of the molecule is CC1CCCN(C(N)=NCC2(CN3CCOCC3)CCCCC2)C1. The molecule has 0 spiro atoms. The molecule has 24 heavy (non-hydrogen) atoms. The highest BCUT2D eigenvalue weighted by molar-refractivity contribution is 5.78. The number of likely N-dealkylation sites (tertiary alicyclic amines) is 1. The van der Waals surface area contributed by atoms with Crippen molar-refractivity contribution in [3.8, 4) is 0 Å². The fraction of sp³-hybridized carbons (Fsp3) is 0.947. The molecular formula is C19H36N4O. The summed E-state index contributed by atoms with van der Waals surface area (Å²) < 4.78 is 5.51. The molecule has 3 rings (SSSR count). The van der Waals surface area contributed by atoms with Crippen LogP contribution in [0.5, 0.6) is 0 Å². The molecule has 0 aromatic heterocycles. The van der Waals surface area contributed by atoms with Gasteiger partial charge in [-0.05, 0) is 31.6 Å². The maximum Gasteiger partial charge on any atom is 0.191 e. The van der Waals surface area contributed by atoms with E-state index in [-0.39, 0.29) is 0 Å². The molecule has 1 aliphatic carbocycles. The van der Waals surface area contributed by atoms with Gasteiger partial charge in [-0.15, -0.1) is 0 Å². The molecule has 2 heterocycles. The number of ether oxygens (including phenoxy) is 1. The first-order chi connectivity index (χ1) is 11.7. The summed E-state index contributed by atoms with van der Waals surface area (Å²) in [6, 6.07) is 0. The quantitative estimate of drug-likeness (QED) is 0.632. The predicted octanol–water partition coefficient (Wildman–Crippen LogP) is 2.32. The molecular weight excluding hydrogens is 300 g/mol. The Bertz CT molecular complexity index is 414. The molecule has 2 N–H and O–H groups in total. The zero-order chi connectivity index (χ0) is 16.8. The van der Waals surface area contributed by atoms with Crippen LogP contribution in [0.1, 0.15) is 51.9 Å². The molecule has 0 bridgehead atoms. The van der Waals surface area contributed by atoms with Gasteiger partial charge in [0.2, 0.25) is 0 Å². The van der Waals surface area contributed by atoms with E-state index < -0.39 is 0 Å². The van der Waals surface area contributed by atoms with Gasteiger partial charge in [0, 0.05) is 44.7 Å². The third-order valence-electron chi connectivity index (χ3n) is 6.13. The van der Waals surface area contributed by atoms with Gasteiger partial charge in [0.25, 0.3) is 0 Å². The zero-order valence-electron chi connectivity index (χ0n) is 15.5. The number of nitrogens with two attached hydrogens (primary N) is 1. The molecule has 2 aliphatic heterocycles. The van der Waals surface area contributed by atoms with E-state index in [1.807, 2.05) is 0 Å². The van der Waals surface area contributed by atoms with Crippen LogP contribution in [-0.4, -0.2) is 68.2 Å². The normalized spacial score (nSPS) is 29.6. The van der Waals surface area contributed by atoms with Crippen molar-refractivity contribution in [3.05, 3.63) is 0 Å². The lowest BCUT2D eigenvalue weighted by Gasteiger charge is -2.41. The van der Waals surface area contributed by atoms with E-state index in [9.17, 15) is 0 Å². The van der Waals surface area contributed by atoms with Crippen molar-refractivity contribution in [3.63, 3.8) is 0 Å². The number of rotatable bonds is 4. The van der Waals surface area contributed by atoms with Crippen LogP contribution in [0.15, 0.2) is 4.99 Å².